The average molecular weight is 318 g/mol. The van der Waals surface area contributed by atoms with Gasteiger partial charge in [0.05, 0.1) is 12.4 Å². The summed E-state index contributed by atoms with van der Waals surface area (Å²) in [7, 11) is -1.63. The van der Waals surface area contributed by atoms with E-state index >= 15 is 0 Å². The molecule has 0 aliphatic heterocycles. The molecule has 0 spiro atoms. The lowest BCUT2D eigenvalue weighted by atomic mass is 9.76. The van der Waals surface area contributed by atoms with Crippen LogP contribution in [-0.4, -0.2) is 29.0 Å². The highest BCUT2D eigenvalue weighted by molar-refractivity contribution is 6.43. The number of rotatable bonds is 6. The van der Waals surface area contributed by atoms with Crippen molar-refractivity contribution in [3.05, 3.63) is 70.7 Å². The van der Waals surface area contributed by atoms with E-state index in [0.29, 0.717) is 11.4 Å². The van der Waals surface area contributed by atoms with Gasteiger partial charge in [-0.2, -0.15) is 0 Å². The second-order valence-electron chi connectivity index (χ2n) is 5.08. The fourth-order valence-corrected chi connectivity index (χ4v) is 2.27. The van der Waals surface area contributed by atoms with Crippen molar-refractivity contribution < 1.29 is 14.8 Å². The van der Waals surface area contributed by atoms with Crippen molar-refractivity contribution in [1.82, 2.24) is 5.32 Å². The largest absolute Gasteiger partial charge is 0.475 e. The van der Waals surface area contributed by atoms with Gasteiger partial charge in [-0.25, -0.2) is 0 Å². The van der Waals surface area contributed by atoms with Gasteiger partial charge in [0.1, 0.15) is 0 Å². The van der Waals surface area contributed by atoms with Crippen LogP contribution in [0.15, 0.2) is 54.6 Å². The molecule has 0 bridgehead atoms. The van der Waals surface area contributed by atoms with Crippen LogP contribution in [0.4, 0.5) is 0 Å². The molecule has 4 nitrogen and oxygen atoms in total. The van der Waals surface area contributed by atoms with Gasteiger partial charge >= 0.3 is 7.12 Å². The maximum atomic E-state index is 12.0. The molecule has 0 saturated heterocycles. The van der Waals surface area contributed by atoms with Crippen LogP contribution in [-0.2, 0) is 17.6 Å². The molecule has 2 rings (SSSR count). The lowest BCUT2D eigenvalue weighted by molar-refractivity contribution is -0.120. The fourth-order valence-electron chi connectivity index (χ4n) is 2.14. The minimum Gasteiger partial charge on any atom is -0.426 e. The summed E-state index contributed by atoms with van der Waals surface area (Å²) < 4.78 is 0. The van der Waals surface area contributed by atoms with Crippen molar-refractivity contribution in [2.24, 2.45) is 0 Å². The van der Waals surface area contributed by atoms with E-state index < -0.39 is 13.1 Å². The first-order valence-corrected chi connectivity index (χ1v) is 7.36. The highest BCUT2D eigenvalue weighted by Gasteiger charge is 2.25. The molecule has 3 N–H and O–H groups in total. The highest BCUT2D eigenvalue weighted by Crippen LogP contribution is 2.11. The summed E-state index contributed by atoms with van der Waals surface area (Å²) in [6.45, 7) is 0. The van der Waals surface area contributed by atoms with Crippen LogP contribution in [0.3, 0.4) is 0 Å². The van der Waals surface area contributed by atoms with Crippen molar-refractivity contribution in [2.45, 2.75) is 18.8 Å². The van der Waals surface area contributed by atoms with Crippen molar-refractivity contribution in [3.8, 4) is 0 Å². The van der Waals surface area contributed by atoms with Crippen LogP contribution in [0.2, 0.25) is 5.02 Å². The predicted molar refractivity (Wildman–Crippen MR) is 87.4 cm³/mol. The Morgan fingerprint density at radius 1 is 1.05 bits per heavy atom. The van der Waals surface area contributed by atoms with E-state index in [4.69, 9.17) is 11.6 Å². The summed E-state index contributed by atoms with van der Waals surface area (Å²) in [5.41, 5.74) is 1.74. The fraction of sp³-hybridized carbons (Fsp3) is 0.188. The Labute approximate surface area is 134 Å². The smallest absolute Gasteiger partial charge is 0.426 e. The van der Waals surface area contributed by atoms with E-state index in [1.165, 1.54) is 0 Å². The third-order valence-electron chi connectivity index (χ3n) is 3.28. The SMILES string of the molecule is O=C(Cc1ccccc1)N[C@@H](Cc1ccc(Cl)cc1)B(O)O. The number of carbonyl (C=O) groups is 1. The molecule has 2 aromatic rings. The van der Waals surface area contributed by atoms with Crippen molar-refractivity contribution in [1.29, 1.82) is 0 Å². The summed E-state index contributed by atoms with van der Waals surface area (Å²) in [5, 5.41) is 22.2. The van der Waals surface area contributed by atoms with Gasteiger partial charge < -0.3 is 15.4 Å². The Morgan fingerprint density at radius 3 is 2.27 bits per heavy atom. The van der Waals surface area contributed by atoms with E-state index in [0.717, 1.165) is 11.1 Å². The van der Waals surface area contributed by atoms with Crippen molar-refractivity contribution in [3.63, 3.8) is 0 Å². The van der Waals surface area contributed by atoms with E-state index in [2.05, 4.69) is 5.32 Å². The van der Waals surface area contributed by atoms with Gasteiger partial charge in [0, 0.05) is 5.02 Å². The van der Waals surface area contributed by atoms with Crippen LogP contribution in [0.5, 0.6) is 0 Å². The minimum absolute atomic E-state index is 0.199. The zero-order valence-corrected chi connectivity index (χ0v) is 12.7. The summed E-state index contributed by atoms with van der Waals surface area (Å²) in [6, 6.07) is 16.3. The molecule has 0 aromatic heterocycles. The number of hydrogen-bond acceptors (Lipinski definition) is 3. The Kier molecular flexibility index (Phi) is 6.01. The molecular formula is C16H17BClNO3. The second kappa shape index (κ2) is 7.99. The number of hydrogen-bond donors (Lipinski definition) is 3. The molecule has 114 valence electrons. The van der Waals surface area contributed by atoms with Gasteiger partial charge in [-0.1, -0.05) is 54.1 Å². The molecule has 2 aromatic carbocycles. The van der Waals surface area contributed by atoms with Crippen LogP contribution >= 0.6 is 11.6 Å². The monoisotopic (exact) mass is 317 g/mol. The topological polar surface area (TPSA) is 69.6 Å². The molecule has 6 heteroatoms. The Bertz CT molecular complexity index is 605. The zero-order valence-electron chi connectivity index (χ0n) is 11.9. The van der Waals surface area contributed by atoms with Gasteiger partial charge in [-0.15, -0.1) is 0 Å². The second-order valence-corrected chi connectivity index (χ2v) is 5.52. The molecular weight excluding hydrogens is 300 g/mol. The Balaban J connectivity index is 1.96. The Hall–Kier alpha value is -1.82. The standard InChI is InChI=1S/C16H17BClNO3/c18-14-8-6-13(7-9-14)10-15(17(21)22)19-16(20)11-12-4-2-1-3-5-12/h1-9,15,21-22H,10-11H2,(H,19,20)/t15-/m0/s1. The van der Waals surface area contributed by atoms with Crippen LogP contribution < -0.4 is 5.32 Å². The minimum atomic E-state index is -1.63. The maximum Gasteiger partial charge on any atom is 0.475 e. The van der Waals surface area contributed by atoms with Crippen LogP contribution in [0.1, 0.15) is 11.1 Å². The number of nitrogens with one attached hydrogen (secondary N) is 1. The molecule has 1 amide bonds. The zero-order chi connectivity index (χ0) is 15.9. The molecule has 0 aliphatic rings. The van der Waals surface area contributed by atoms with Gasteiger partial charge in [0.25, 0.3) is 0 Å². The first-order chi connectivity index (χ1) is 10.5. The van der Waals surface area contributed by atoms with Gasteiger partial charge in [0.15, 0.2) is 0 Å². The molecule has 0 unspecified atom stereocenters. The number of carbonyl (C=O) groups excluding carboxylic acids is 1. The quantitative estimate of drug-likeness (QED) is 0.709. The lowest BCUT2D eigenvalue weighted by Gasteiger charge is -2.18. The van der Waals surface area contributed by atoms with E-state index in [1.54, 1.807) is 24.3 Å². The van der Waals surface area contributed by atoms with Crippen molar-refractivity contribution in [2.75, 3.05) is 0 Å². The molecule has 0 heterocycles. The molecule has 0 aliphatic carbocycles. The number of amides is 1. The third-order valence-corrected chi connectivity index (χ3v) is 3.53. The highest BCUT2D eigenvalue weighted by atomic mass is 35.5. The van der Waals surface area contributed by atoms with E-state index in [9.17, 15) is 14.8 Å². The molecule has 22 heavy (non-hydrogen) atoms. The average Bonchev–Trinajstić information content (AvgIpc) is 2.49. The predicted octanol–water partition coefficient (Wildman–Crippen LogP) is 1.62. The van der Waals surface area contributed by atoms with E-state index in [1.807, 2.05) is 30.3 Å². The summed E-state index contributed by atoms with van der Waals surface area (Å²) in [4.78, 5) is 12.0. The molecule has 0 radical (unpaired) electrons. The van der Waals surface area contributed by atoms with E-state index in [-0.39, 0.29) is 12.3 Å². The van der Waals surface area contributed by atoms with Gasteiger partial charge in [-0.05, 0) is 29.7 Å². The van der Waals surface area contributed by atoms with Gasteiger partial charge in [-0.3, -0.25) is 4.79 Å². The summed E-state index contributed by atoms with van der Waals surface area (Å²) in [5.74, 6) is -1.02. The summed E-state index contributed by atoms with van der Waals surface area (Å²) in [6.07, 6.45) is 0.514. The first kappa shape index (κ1) is 16.6. The van der Waals surface area contributed by atoms with Crippen molar-refractivity contribution >= 4 is 24.6 Å². The number of halogens is 1. The normalized spacial score (nSPS) is 11.8. The third kappa shape index (κ3) is 5.18. The summed E-state index contributed by atoms with van der Waals surface area (Å²) >= 11 is 5.82. The maximum absolute atomic E-state index is 12.0. The Morgan fingerprint density at radius 2 is 1.68 bits per heavy atom. The number of benzene rings is 2. The van der Waals surface area contributed by atoms with Crippen LogP contribution in [0, 0.1) is 0 Å². The lowest BCUT2D eigenvalue weighted by Crippen LogP contribution is -2.48. The van der Waals surface area contributed by atoms with Crippen LogP contribution in [0.25, 0.3) is 0 Å². The molecule has 0 saturated carbocycles. The molecule has 1 atom stereocenters. The van der Waals surface area contributed by atoms with Gasteiger partial charge in [0.2, 0.25) is 5.91 Å². The molecule has 0 fully saturated rings. The first-order valence-electron chi connectivity index (χ1n) is 6.98.